The summed E-state index contributed by atoms with van der Waals surface area (Å²) in [6.45, 7) is 6.47. The minimum atomic E-state index is -1.57. The summed E-state index contributed by atoms with van der Waals surface area (Å²) in [6, 6.07) is -6.71. The van der Waals surface area contributed by atoms with E-state index in [4.69, 9.17) is 11.5 Å². The van der Waals surface area contributed by atoms with Crippen molar-refractivity contribution in [2.45, 2.75) is 103 Å². The van der Waals surface area contributed by atoms with Crippen molar-refractivity contribution >= 4 is 47.3 Å². The van der Waals surface area contributed by atoms with Crippen LogP contribution in [0.15, 0.2) is 0 Å². The van der Waals surface area contributed by atoms with Gasteiger partial charge in [0.05, 0.1) is 25.2 Å². The SMILES string of the molecule is CNC(=O)[C@@H](NC(=O)[C@H](CCCCN)NC(=O)CNC(=O)[C@H](CC(N)=O)NC(=O)[C@@H](NC(=O)[C@@H](NC(C)=O)[C@@H](C)O)C(C)C)[C@@H](C)O. The summed E-state index contributed by atoms with van der Waals surface area (Å²) in [6.07, 6.45) is -2.18. The molecular weight excluding hydrogens is 622 g/mol. The third kappa shape index (κ3) is 16.2. The summed E-state index contributed by atoms with van der Waals surface area (Å²) in [5.41, 5.74) is 10.8. The fourth-order valence-electron chi connectivity index (χ4n) is 4.19. The van der Waals surface area contributed by atoms with E-state index in [0.29, 0.717) is 19.4 Å². The van der Waals surface area contributed by atoms with E-state index in [2.05, 4.69) is 37.2 Å². The first-order valence-electron chi connectivity index (χ1n) is 15.2. The van der Waals surface area contributed by atoms with Crippen LogP contribution in [-0.4, -0.2) is 120 Å². The van der Waals surface area contributed by atoms with Gasteiger partial charge in [0, 0.05) is 14.0 Å². The van der Waals surface area contributed by atoms with Crippen LogP contribution in [0.1, 0.15) is 60.3 Å². The number of rotatable bonds is 21. The number of aliphatic hydroxyl groups excluding tert-OH is 2. The third-order valence-electron chi connectivity index (χ3n) is 6.74. The Labute approximate surface area is 273 Å². The standard InChI is InChI=1S/C28H51N9O10/c1-13(2)21(36-28(47)23(15(4)39)33-16(5)40)27(46)35-18(11-19(30)41)24(43)32-12-20(42)34-17(9-7-8-10-29)25(44)37-22(14(3)38)26(45)31-6/h13-15,17-18,21-23,38-39H,7-12,29H2,1-6H3,(H2,30,41)(H,31,45)(H,32,43)(H,33,40)(H,34,42)(H,35,46)(H,36,47)(H,37,44)/t14-,15-,17+,18+,21+,22+,23+/m1/s1. The van der Waals surface area contributed by atoms with Gasteiger partial charge in [0.1, 0.15) is 30.2 Å². The minimum Gasteiger partial charge on any atom is -0.391 e. The highest BCUT2D eigenvalue weighted by Crippen LogP contribution is 2.06. The molecule has 0 rings (SSSR count). The number of nitrogens with one attached hydrogen (secondary N) is 7. The first kappa shape index (κ1) is 42.6. The van der Waals surface area contributed by atoms with Crippen molar-refractivity contribution in [2.75, 3.05) is 20.1 Å². The Balaban J connectivity index is 5.67. The van der Waals surface area contributed by atoms with Crippen LogP contribution in [0, 0.1) is 5.92 Å². The topological polar surface area (TPSA) is 313 Å². The smallest absolute Gasteiger partial charge is 0.245 e. The van der Waals surface area contributed by atoms with Gasteiger partial charge in [-0.15, -0.1) is 0 Å². The van der Waals surface area contributed by atoms with Crippen LogP contribution in [0.3, 0.4) is 0 Å². The Kier molecular flexibility index (Phi) is 19.4. The van der Waals surface area contributed by atoms with Gasteiger partial charge in [0.15, 0.2) is 0 Å². The van der Waals surface area contributed by atoms with Gasteiger partial charge in [0.2, 0.25) is 47.3 Å². The van der Waals surface area contributed by atoms with Gasteiger partial charge in [-0.25, -0.2) is 0 Å². The molecule has 13 N–H and O–H groups in total. The fraction of sp³-hybridized carbons (Fsp3) is 0.714. The molecule has 0 bridgehead atoms. The molecule has 0 fully saturated rings. The number of hydrogen-bond acceptors (Lipinski definition) is 11. The van der Waals surface area contributed by atoms with Crippen molar-refractivity contribution in [1.82, 2.24) is 37.2 Å². The summed E-state index contributed by atoms with van der Waals surface area (Å²) in [4.78, 5) is 99.8. The predicted molar refractivity (Wildman–Crippen MR) is 167 cm³/mol. The Bertz CT molecular complexity index is 1120. The van der Waals surface area contributed by atoms with Gasteiger partial charge in [-0.3, -0.25) is 38.4 Å². The fourth-order valence-corrected chi connectivity index (χ4v) is 4.19. The molecule has 0 radical (unpaired) electrons. The number of nitrogens with two attached hydrogens (primary N) is 2. The highest BCUT2D eigenvalue weighted by Gasteiger charge is 2.34. The van der Waals surface area contributed by atoms with Crippen LogP contribution in [0.4, 0.5) is 0 Å². The Morgan fingerprint density at radius 1 is 0.660 bits per heavy atom. The largest absolute Gasteiger partial charge is 0.391 e. The van der Waals surface area contributed by atoms with E-state index in [0.717, 1.165) is 6.92 Å². The van der Waals surface area contributed by atoms with Gasteiger partial charge in [0.25, 0.3) is 0 Å². The molecule has 0 saturated heterocycles. The number of carbonyl (C=O) groups excluding carboxylic acids is 8. The van der Waals surface area contributed by atoms with Crippen molar-refractivity contribution in [1.29, 1.82) is 0 Å². The van der Waals surface area contributed by atoms with E-state index < -0.39 is 109 Å². The lowest BCUT2D eigenvalue weighted by atomic mass is 10.0. The normalized spacial score (nSPS) is 15.4. The Hall–Kier alpha value is -4.36. The van der Waals surface area contributed by atoms with Crippen molar-refractivity contribution in [2.24, 2.45) is 17.4 Å². The maximum absolute atomic E-state index is 13.1. The van der Waals surface area contributed by atoms with Crippen molar-refractivity contribution < 1.29 is 48.6 Å². The van der Waals surface area contributed by atoms with Crippen LogP contribution in [-0.2, 0) is 38.4 Å². The average Bonchev–Trinajstić information content (AvgIpc) is 2.97. The van der Waals surface area contributed by atoms with E-state index in [1.165, 1.54) is 20.9 Å². The maximum Gasteiger partial charge on any atom is 0.245 e. The second kappa shape index (κ2) is 21.4. The average molecular weight is 674 g/mol. The van der Waals surface area contributed by atoms with Crippen molar-refractivity contribution in [3.63, 3.8) is 0 Å². The van der Waals surface area contributed by atoms with E-state index in [1.54, 1.807) is 13.8 Å². The molecule has 0 aliphatic heterocycles. The summed E-state index contributed by atoms with van der Waals surface area (Å²) >= 11 is 0. The molecule has 8 amide bonds. The zero-order valence-electron chi connectivity index (χ0n) is 27.7. The van der Waals surface area contributed by atoms with Crippen LogP contribution < -0.4 is 48.7 Å². The molecule has 0 aromatic heterocycles. The maximum atomic E-state index is 13.1. The zero-order valence-corrected chi connectivity index (χ0v) is 27.7. The summed E-state index contributed by atoms with van der Waals surface area (Å²) in [7, 11) is 1.32. The molecule has 0 spiro atoms. The summed E-state index contributed by atoms with van der Waals surface area (Å²) in [5, 5.41) is 36.2. The van der Waals surface area contributed by atoms with E-state index in [1.807, 2.05) is 0 Å². The molecule has 0 unspecified atom stereocenters. The van der Waals surface area contributed by atoms with E-state index >= 15 is 0 Å². The van der Waals surface area contributed by atoms with Crippen LogP contribution in [0.25, 0.3) is 0 Å². The number of carbonyl (C=O) groups is 8. The molecule has 19 nitrogen and oxygen atoms in total. The number of likely N-dealkylation sites (N-methyl/N-ethyl adjacent to an activating group) is 1. The third-order valence-corrected chi connectivity index (χ3v) is 6.74. The lowest BCUT2D eigenvalue weighted by Gasteiger charge is -2.27. The van der Waals surface area contributed by atoms with Crippen LogP contribution in [0.5, 0.6) is 0 Å². The highest BCUT2D eigenvalue weighted by molar-refractivity contribution is 5.97. The van der Waals surface area contributed by atoms with E-state index in [9.17, 15) is 48.6 Å². The Morgan fingerprint density at radius 2 is 1.19 bits per heavy atom. The van der Waals surface area contributed by atoms with Crippen molar-refractivity contribution in [3.8, 4) is 0 Å². The molecular formula is C28H51N9O10. The summed E-state index contributed by atoms with van der Waals surface area (Å²) < 4.78 is 0. The zero-order chi connectivity index (χ0) is 36.4. The van der Waals surface area contributed by atoms with Crippen molar-refractivity contribution in [3.05, 3.63) is 0 Å². The molecule has 47 heavy (non-hydrogen) atoms. The van der Waals surface area contributed by atoms with Gasteiger partial charge in [-0.05, 0) is 45.6 Å². The second-order valence-electron chi connectivity index (χ2n) is 11.3. The molecule has 0 aliphatic rings. The number of aliphatic hydroxyl groups is 2. The van der Waals surface area contributed by atoms with Crippen LogP contribution in [0.2, 0.25) is 0 Å². The monoisotopic (exact) mass is 673 g/mol. The number of primary amides is 1. The second-order valence-corrected chi connectivity index (χ2v) is 11.3. The Morgan fingerprint density at radius 3 is 1.66 bits per heavy atom. The lowest BCUT2D eigenvalue weighted by Crippen LogP contribution is -2.60. The first-order chi connectivity index (χ1) is 21.9. The van der Waals surface area contributed by atoms with E-state index in [-0.39, 0.29) is 6.42 Å². The molecule has 19 heteroatoms. The van der Waals surface area contributed by atoms with Gasteiger partial charge in [-0.1, -0.05) is 13.8 Å². The molecule has 0 aromatic rings. The molecule has 7 atom stereocenters. The van der Waals surface area contributed by atoms with Crippen LogP contribution >= 0.6 is 0 Å². The first-order valence-corrected chi connectivity index (χ1v) is 15.2. The lowest BCUT2D eigenvalue weighted by molar-refractivity contribution is -0.136. The van der Waals surface area contributed by atoms with Gasteiger partial charge >= 0.3 is 0 Å². The molecule has 0 aliphatic carbocycles. The molecule has 0 heterocycles. The van der Waals surface area contributed by atoms with Gasteiger partial charge < -0.3 is 58.9 Å². The quantitative estimate of drug-likeness (QED) is 0.0511. The molecule has 0 aromatic carbocycles. The van der Waals surface area contributed by atoms with Gasteiger partial charge in [-0.2, -0.15) is 0 Å². The number of amides is 8. The minimum absolute atomic E-state index is 0.115. The predicted octanol–water partition coefficient (Wildman–Crippen LogP) is -5.29. The number of hydrogen-bond donors (Lipinski definition) is 11. The summed E-state index contributed by atoms with van der Waals surface area (Å²) in [5.74, 6) is -7.16. The molecule has 0 saturated carbocycles. The highest BCUT2D eigenvalue weighted by atomic mass is 16.3. The molecule has 268 valence electrons. The number of unbranched alkanes of at least 4 members (excludes halogenated alkanes) is 1.